The van der Waals surface area contributed by atoms with E-state index < -0.39 is 0 Å². The molecule has 0 aliphatic carbocycles. The van der Waals surface area contributed by atoms with Gasteiger partial charge in [0.15, 0.2) is 5.16 Å². The summed E-state index contributed by atoms with van der Waals surface area (Å²) in [4.78, 5) is 25.9. The van der Waals surface area contributed by atoms with Gasteiger partial charge in [-0.15, -0.1) is 0 Å². The smallest absolute Gasteiger partial charge is 0.233 e. The van der Waals surface area contributed by atoms with Gasteiger partial charge in [-0.05, 0) is 33.1 Å². The van der Waals surface area contributed by atoms with E-state index in [1.54, 1.807) is 0 Å². The highest BCUT2D eigenvalue weighted by molar-refractivity contribution is 7.99. The maximum Gasteiger partial charge on any atom is 0.233 e. The van der Waals surface area contributed by atoms with E-state index in [9.17, 15) is 4.79 Å². The van der Waals surface area contributed by atoms with Gasteiger partial charge < -0.3 is 16.4 Å². The predicted octanol–water partition coefficient (Wildman–Crippen LogP) is 0.918. The lowest BCUT2D eigenvalue weighted by Gasteiger charge is -2.39. The van der Waals surface area contributed by atoms with Crippen LogP contribution in [0, 0.1) is 0 Å². The normalized spacial score (nSPS) is 22.8. The van der Waals surface area contributed by atoms with Gasteiger partial charge in [0.05, 0.1) is 5.75 Å². The molecular formula is C12H20N6OS. The van der Waals surface area contributed by atoms with Gasteiger partial charge in [-0.1, -0.05) is 11.8 Å². The molecule has 8 heteroatoms. The average Bonchev–Trinajstić information content (AvgIpc) is 2.35. The van der Waals surface area contributed by atoms with Crippen LogP contribution < -0.4 is 11.5 Å². The van der Waals surface area contributed by atoms with Gasteiger partial charge in [0.25, 0.3) is 0 Å². The number of nitrogens with two attached hydrogens (primary N) is 2. The number of amides is 1. The Labute approximate surface area is 122 Å². The minimum atomic E-state index is 0.0761. The molecule has 0 bridgehead atoms. The van der Waals surface area contributed by atoms with Crippen LogP contribution in [0.5, 0.6) is 0 Å². The van der Waals surface area contributed by atoms with Crippen LogP contribution in [-0.2, 0) is 4.79 Å². The van der Waals surface area contributed by atoms with Crippen LogP contribution in [0.1, 0.15) is 33.1 Å². The summed E-state index contributed by atoms with van der Waals surface area (Å²) in [7, 11) is 0. The molecule has 2 rings (SSSR count). The van der Waals surface area contributed by atoms with E-state index in [-0.39, 0.29) is 23.6 Å². The van der Waals surface area contributed by atoms with Gasteiger partial charge in [0.2, 0.25) is 17.8 Å². The van der Waals surface area contributed by atoms with E-state index >= 15 is 0 Å². The van der Waals surface area contributed by atoms with Crippen LogP contribution >= 0.6 is 11.8 Å². The van der Waals surface area contributed by atoms with E-state index in [0.717, 1.165) is 12.8 Å². The Morgan fingerprint density at radius 3 is 2.30 bits per heavy atom. The molecule has 1 aromatic rings. The molecule has 110 valence electrons. The number of rotatable bonds is 3. The fourth-order valence-corrected chi connectivity index (χ4v) is 3.28. The zero-order valence-corrected chi connectivity index (χ0v) is 12.6. The number of carbonyl (C=O) groups excluding carboxylic acids is 1. The minimum absolute atomic E-state index is 0.0761. The summed E-state index contributed by atoms with van der Waals surface area (Å²) in [6, 6.07) is 0.584. The number of likely N-dealkylation sites (tertiary alicyclic amines) is 1. The van der Waals surface area contributed by atoms with E-state index in [0.29, 0.717) is 17.2 Å². The molecule has 2 unspecified atom stereocenters. The summed E-state index contributed by atoms with van der Waals surface area (Å²) in [6.45, 7) is 4.19. The van der Waals surface area contributed by atoms with Crippen LogP contribution in [0.2, 0.25) is 0 Å². The molecule has 2 heterocycles. The van der Waals surface area contributed by atoms with Gasteiger partial charge in [-0.3, -0.25) is 4.79 Å². The number of hydrogen-bond donors (Lipinski definition) is 2. The van der Waals surface area contributed by atoms with Gasteiger partial charge in [-0.2, -0.15) is 15.0 Å². The number of nitrogens with zero attached hydrogens (tertiary/aromatic N) is 4. The van der Waals surface area contributed by atoms with Crippen molar-refractivity contribution in [3.63, 3.8) is 0 Å². The van der Waals surface area contributed by atoms with Crippen molar-refractivity contribution < 1.29 is 4.79 Å². The summed E-state index contributed by atoms with van der Waals surface area (Å²) in [5.74, 6) is 0.545. The molecule has 1 amide bonds. The molecular weight excluding hydrogens is 276 g/mol. The number of thioether (sulfide) groups is 1. The molecule has 1 aliphatic heterocycles. The van der Waals surface area contributed by atoms with Crippen molar-refractivity contribution in [1.82, 2.24) is 19.9 Å². The number of nitrogen functional groups attached to an aromatic ring is 2. The van der Waals surface area contributed by atoms with E-state index in [4.69, 9.17) is 11.5 Å². The Hall–Kier alpha value is -1.57. The van der Waals surface area contributed by atoms with Gasteiger partial charge >= 0.3 is 0 Å². The molecule has 20 heavy (non-hydrogen) atoms. The van der Waals surface area contributed by atoms with Crippen molar-refractivity contribution in [3.8, 4) is 0 Å². The summed E-state index contributed by atoms with van der Waals surface area (Å²) in [5, 5.41) is 0.390. The number of carbonyl (C=O) groups is 1. The molecule has 1 saturated heterocycles. The van der Waals surface area contributed by atoms with E-state index in [1.165, 1.54) is 18.2 Å². The maximum absolute atomic E-state index is 12.3. The molecule has 2 atom stereocenters. The average molecular weight is 296 g/mol. The van der Waals surface area contributed by atoms with Crippen LogP contribution in [0.3, 0.4) is 0 Å². The third kappa shape index (κ3) is 3.50. The number of aromatic nitrogens is 3. The molecule has 0 radical (unpaired) electrons. The summed E-state index contributed by atoms with van der Waals surface area (Å²) in [6.07, 6.45) is 3.30. The van der Waals surface area contributed by atoms with E-state index in [1.807, 2.05) is 4.90 Å². The monoisotopic (exact) mass is 296 g/mol. The second-order valence-corrected chi connectivity index (χ2v) is 6.00. The zero-order valence-electron chi connectivity index (χ0n) is 11.7. The van der Waals surface area contributed by atoms with Gasteiger partial charge in [-0.25, -0.2) is 0 Å². The first-order valence-electron chi connectivity index (χ1n) is 6.68. The standard InChI is InChI=1S/C12H20N6OS/c1-7-4-3-5-8(2)18(7)9(19)6-20-12-16-10(13)15-11(14)17-12/h7-8H,3-6H2,1-2H3,(H4,13,14,15,16,17). The third-order valence-electron chi connectivity index (χ3n) is 3.46. The van der Waals surface area contributed by atoms with Crippen LogP contribution in [0.25, 0.3) is 0 Å². The zero-order chi connectivity index (χ0) is 14.7. The Morgan fingerprint density at radius 1 is 1.20 bits per heavy atom. The van der Waals surface area contributed by atoms with Crippen LogP contribution in [0.15, 0.2) is 5.16 Å². The largest absolute Gasteiger partial charge is 0.368 e. The first-order valence-corrected chi connectivity index (χ1v) is 7.67. The first-order chi connectivity index (χ1) is 9.47. The quantitative estimate of drug-likeness (QED) is 0.798. The molecule has 4 N–H and O–H groups in total. The van der Waals surface area contributed by atoms with Crippen molar-refractivity contribution >= 4 is 29.6 Å². The highest BCUT2D eigenvalue weighted by Gasteiger charge is 2.28. The summed E-state index contributed by atoms with van der Waals surface area (Å²) < 4.78 is 0. The molecule has 7 nitrogen and oxygen atoms in total. The lowest BCUT2D eigenvalue weighted by molar-refractivity contribution is -0.134. The summed E-state index contributed by atoms with van der Waals surface area (Å²) >= 11 is 1.24. The predicted molar refractivity (Wildman–Crippen MR) is 79.0 cm³/mol. The first kappa shape index (κ1) is 14.8. The van der Waals surface area contributed by atoms with Gasteiger partial charge in [0.1, 0.15) is 0 Å². The minimum Gasteiger partial charge on any atom is -0.368 e. The van der Waals surface area contributed by atoms with E-state index in [2.05, 4.69) is 28.8 Å². The van der Waals surface area contributed by atoms with Crippen LogP contribution in [0.4, 0.5) is 11.9 Å². The third-order valence-corrected chi connectivity index (χ3v) is 4.29. The Morgan fingerprint density at radius 2 is 1.75 bits per heavy atom. The Balaban J connectivity index is 1.97. The van der Waals surface area contributed by atoms with Gasteiger partial charge in [0, 0.05) is 12.1 Å². The highest BCUT2D eigenvalue weighted by atomic mass is 32.2. The Kier molecular flexibility index (Phi) is 4.64. The van der Waals surface area contributed by atoms with Crippen molar-refractivity contribution in [2.45, 2.75) is 50.4 Å². The van der Waals surface area contributed by atoms with Crippen LogP contribution in [-0.4, -0.2) is 43.6 Å². The second kappa shape index (κ2) is 6.25. The van der Waals surface area contributed by atoms with Crippen molar-refractivity contribution in [2.75, 3.05) is 17.2 Å². The second-order valence-electron chi connectivity index (χ2n) is 5.05. The number of hydrogen-bond acceptors (Lipinski definition) is 7. The molecule has 0 saturated carbocycles. The van der Waals surface area contributed by atoms with Crippen molar-refractivity contribution in [1.29, 1.82) is 0 Å². The fraction of sp³-hybridized carbons (Fsp3) is 0.667. The van der Waals surface area contributed by atoms with Crippen molar-refractivity contribution in [3.05, 3.63) is 0 Å². The van der Waals surface area contributed by atoms with Crippen molar-refractivity contribution in [2.24, 2.45) is 0 Å². The molecule has 1 aliphatic rings. The number of piperidine rings is 1. The lowest BCUT2D eigenvalue weighted by Crippen LogP contribution is -2.48. The highest BCUT2D eigenvalue weighted by Crippen LogP contribution is 2.24. The molecule has 0 spiro atoms. The Bertz CT molecular complexity index is 467. The number of anilines is 2. The SMILES string of the molecule is CC1CCCC(C)N1C(=O)CSc1nc(N)nc(N)n1. The maximum atomic E-state index is 12.3. The molecule has 1 fully saturated rings. The lowest BCUT2D eigenvalue weighted by atomic mass is 9.98. The summed E-state index contributed by atoms with van der Waals surface area (Å²) in [5.41, 5.74) is 11.0. The molecule has 1 aromatic heterocycles. The topological polar surface area (TPSA) is 111 Å². The molecule has 0 aromatic carbocycles. The fourth-order valence-electron chi connectivity index (χ4n) is 2.57.